The van der Waals surface area contributed by atoms with Crippen LogP contribution in [0.15, 0.2) is 35.3 Å². The lowest BCUT2D eigenvalue weighted by molar-refractivity contribution is -0.0139. The maximum Gasteiger partial charge on any atom is 0.191 e. The third-order valence-electron chi connectivity index (χ3n) is 5.85. The number of hydrogen-bond donors (Lipinski definition) is 2. The molecule has 1 aromatic carbocycles. The number of nitrogens with zero attached hydrogens (tertiary/aromatic N) is 2. The maximum atomic E-state index is 5.65. The number of benzene rings is 1. The van der Waals surface area contributed by atoms with E-state index in [9.17, 15) is 0 Å². The SMILES string of the molecule is CCNC(=NCC1(N2CCCC2)CCOCC1)NCCCc1ccccc1. The molecule has 27 heavy (non-hydrogen) atoms. The standard InChI is InChI=1S/C22H36N4O/c1-2-23-21(24-14-8-11-20-9-4-3-5-10-20)25-19-22(12-17-27-18-13-22)26-15-6-7-16-26/h3-5,9-10H,2,6-8,11-19H2,1H3,(H2,23,24,25). The lowest BCUT2D eigenvalue weighted by atomic mass is 9.88. The zero-order valence-corrected chi connectivity index (χ0v) is 16.9. The molecule has 1 aromatic rings. The van der Waals surface area contributed by atoms with Crippen LogP contribution in [0.3, 0.4) is 0 Å². The number of aliphatic imine (C=N–C) groups is 1. The number of nitrogens with one attached hydrogen (secondary N) is 2. The van der Waals surface area contributed by atoms with Gasteiger partial charge in [0.05, 0.1) is 6.54 Å². The van der Waals surface area contributed by atoms with Crippen LogP contribution in [0.25, 0.3) is 0 Å². The molecule has 5 nitrogen and oxygen atoms in total. The monoisotopic (exact) mass is 372 g/mol. The van der Waals surface area contributed by atoms with Gasteiger partial charge in [-0.3, -0.25) is 9.89 Å². The Bertz CT molecular complexity index is 563. The first-order valence-electron chi connectivity index (χ1n) is 10.7. The number of aryl methyl sites for hydroxylation is 1. The zero-order chi connectivity index (χ0) is 18.8. The van der Waals surface area contributed by atoms with Gasteiger partial charge in [-0.25, -0.2) is 0 Å². The second kappa shape index (κ2) is 10.7. The highest BCUT2D eigenvalue weighted by atomic mass is 16.5. The first-order chi connectivity index (χ1) is 13.3. The van der Waals surface area contributed by atoms with Crippen LogP contribution in [0, 0.1) is 0 Å². The summed E-state index contributed by atoms with van der Waals surface area (Å²) in [5.74, 6) is 0.954. The predicted molar refractivity (Wildman–Crippen MR) is 112 cm³/mol. The molecule has 3 rings (SSSR count). The number of ether oxygens (including phenoxy) is 1. The Morgan fingerprint density at radius 3 is 2.56 bits per heavy atom. The summed E-state index contributed by atoms with van der Waals surface area (Å²) in [5, 5.41) is 6.95. The van der Waals surface area contributed by atoms with E-state index in [4.69, 9.17) is 9.73 Å². The maximum absolute atomic E-state index is 5.65. The van der Waals surface area contributed by atoms with Crippen molar-refractivity contribution in [2.45, 2.75) is 51.0 Å². The van der Waals surface area contributed by atoms with Crippen LogP contribution in [0.4, 0.5) is 0 Å². The Balaban J connectivity index is 1.53. The molecule has 0 aliphatic carbocycles. The number of hydrogen-bond acceptors (Lipinski definition) is 3. The van der Waals surface area contributed by atoms with Gasteiger partial charge in [-0.15, -0.1) is 0 Å². The molecule has 0 unspecified atom stereocenters. The van der Waals surface area contributed by atoms with Crippen molar-refractivity contribution in [2.75, 3.05) is 45.9 Å². The van der Waals surface area contributed by atoms with Gasteiger partial charge in [-0.1, -0.05) is 30.3 Å². The molecule has 0 atom stereocenters. The summed E-state index contributed by atoms with van der Waals surface area (Å²) in [6.07, 6.45) is 7.06. The van der Waals surface area contributed by atoms with E-state index in [0.29, 0.717) is 0 Å². The van der Waals surface area contributed by atoms with Crippen LogP contribution in [0.2, 0.25) is 0 Å². The van der Waals surface area contributed by atoms with Crippen molar-refractivity contribution in [3.63, 3.8) is 0 Å². The lowest BCUT2D eigenvalue weighted by Gasteiger charge is -2.43. The van der Waals surface area contributed by atoms with Crippen LogP contribution in [0.1, 0.15) is 44.6 Å². The average Bonchev–Trinajstić information content (AvgIpc) is 3.26. The van der Waals surface area contributed by atoms with E-state index in [1.54, 1.807) is 0 Å². The predicted octanol–water partition coefficient (Wildman–Crippen LogP) is 2.82. The fourth-order valence-corrected chi connectivity index (χ4v) is 4.23. The van der Waals surface area contributed by atoms with Gasteiger partial charge in [0.15, 0.2) is 5.96 Å². The van der Waals surface area contributed by atoms with Crippen molar-refractivity contribution < 1.29 is 4.74 Å². The highest BCUT2D eigenvalue weighted by Gasteiger charge is 2.39. The van der Waals surface area contributed by atoms with Gasteiger partial charge in [0.2, 0.25) is 0 Å². The summed E-state index contributed by atoms with van der Waals surface area (Å²) in [5.41, 5.74) is 1.60. The molecular formula is C22H36N4O. The molecule has 2 heterocycles. The third kappa shape index (κ3) is 5.94. The van der Waals surface area contributed by atoms with E-state index in [1.807, 2.05) is 0 Å². The van der Waals surface area contributed by atoms with Crippen molar-refractivity contribution in [3.05, 3.63) is 35.9 Å². The molecule has 2 aliphatic heterocycles. The summed E-state index contributed by atoms with van der Waals surface area (Å²) in [6, 6.07) is 10.7. The van der Waals surface area contributed by atoms with E-state index in [0.717, 1.165) is 64.5 Å². The molecule has 0 saturated carbocycles. The molecular weight excluding hydrogens is 336 g/mol. The minimum absolute atomic E-state index is 0.196. The summed E-state index contributed by atoms with van der Waals surface area (Å²) in [7, 11) is 0. The number of rotatable bonds is 8. The molecule has 2 saturated heterocycles. The first kappa shape index (κ1) is 20.2. The second-order valence-corrected chi connectivity index (χ2v) is 7.74. The topological polar surface area (TPSA) is 48.9 Å². The van der Waals surface area contributed by atoms with Crippen molar-refractivity contribution >= 4 is 5.96 Å². The van der Waals surface area contributed by atoms with Crippen molar-refractivity contribution in [3.8, 4) is 0 Å². The lowest BCUT2D eigenvalue weighted by Crippen LogP contribution is -2.54. The van der Waals surface area contributed by atoms with Crippen LogP contribution in [-0.2, 0) is 11.2 Å². The summed E-state index contributed by atoms with van der Waals surface area (Å²) < 4.78 is 5.65. The van der Waals surface area contributed by atoms with E-state index < -0.39 is 0 Å². The third-order valence-corrected chi connectivity index (χ3v) is 5.85. The Labute approximate surface area is 164 Å². The number of guanidine groups is 1. The van der Waals surface area contributed by atoms with Gasteiger partial charge in [0.25, 0.3) is 0 Å². The van der Waals surface area contributed by atoms with E-state index in [1.165, 1.54) is 31.5 Å². The number of likely N-dealkylation sites (tertiary alicyclic amines) is 1. The first-order valence-corrected chi connectivity index (χ1v) is 10.7. The zero-order valence-electron chi connectivity index (χ0n) is 16.9. The molecule has 0 radical (unpaired) electrons. The Morgan fingerprint density at radius 2 is 1.85 bits per heavy atom. The Hall–Kier alpha value is -1.59. The summed E-state index contributed by atoms with van der Waals surface area (Å²) in [6.45, 7) is 9.01. The van der Waals surface area contributed by atoms with E-state index in [2.05, 4.69) is 52.8 Å². The van der Waals surface area contributed by atoms with Gasteiger partial charge in [0.1, 0.15) is 0 Å². The fraction of sp³-hybridized carbons (Fsp3) is 0.682. The molecule has 0 amide bonds. The summed E-state index contributed by atoms with van der Waals surface area (Å²) in [4.78, 5) is 7.67. The normalized spacial score (nSPS) is 20.6. The highest BCUT2D eigenvalue weighted by Crippen LogP contribution is 2.31. The van der Waals surface area contributed by atoms with Crippen LogP contribution in [-0.4, -0.2) is 62.3 Å². The van der Waals surface area contributed by atoms with Gasteiger partial charge in [-0.05, 0) is 64.1 Å². The molecule has 5 heteroatoms. The van der Waals surface area contributed by atoms with Crippen molar-refractivity contribution in [1.29, 1.82) is 0 Å². The Kier molecular flexibility index (Phi) is 7.96. The summed E-state index contributed by atoms with van der Waals surface area (Å²) >= 11 is 0. The molecule has 2 aliphatic rings. The van der Waals surface area contributed by atoms with Crippen LogP contribution in [0.5, 0.6) is 0 Å². The van der Waals surface area contributed by atoms with E-state index in [-0.39, 0.29) is 5.54 Å². The quantitative estimate of drug-likeness (QED) is 0.419. The van der Waals surface area contributed by atoms with Crippen molar-refractivity contribution in [2.24, 2.45) is 4.99 Å². The van der Waals surface area contributed by atoms with Crippen LogP contribution < -0.4 is 10.6 Å². The largest absolute Gasteiger partial charge is 0.381 e. The molecule has 150 valence electrons. The molecule has 2 N–H and O–H groups in total. The minimum Gasteiger partial charge on any atom is -0.381 e. The second-order valence-electron chi connectivity index (χ2n) is 7.74. The van der Waals surface area contributed by atoms with Crippen LogP contribution >= 0.6 is 0 Å². The van der Waals surface area contributed by atoms with Gasteiger partial charge in [0, 0.05) is 31.8 Å². The van der Waals surface area contributed by atoms with E-state index >= 15 is 0 Å². The fourth-order valence-electron chi connectivity index (χ4n) is 4.23. The minimum atomic E-state index is 0.196. The molecule has 0 spiro atoms. The van der Waals surface area contributed by atoms with Crippen molar-refractivity contribution in [1.82, 2.24) is 15.5 Å². The highest BCUT2D eigenvalue weighted by molar-refractivity contribution is 5.79. The molecule has 0 bridgehead atoms. The van der Waals surface area contributed by atoms with Gasteiger partial charge >= 0.3 is 0 Å². The van der Waals surface area contributed by atoms with Gasteiger partial charge < -0.3 is 15.4 Å². The van der Waals surface area contributed by atoms with Gasteiger partial charge in [-0.2, -0.15) is 0 Å². The molecule has 0 aromatic heterocycles. The molecule has 2 fully saturated rings. The smallest absolute Gasteiger partial charge is 0.191 e. The Morgan fingerprint density at radius 1 is 1.11 bits per heavy atom. The average molecular weight is 373 g/mol.